The zero-order valence-electron chi connectivity index (χ0n) is 13.6. The van der Waals surface area contributed by atoms with Crippen molar-refractivity contribution in [1.29, 1.82) is 0 Å². The number of nitrogens with zero attached hydrogens (tertiary/aromatic N) is 4. The molecule has 0 fully saturated rings. The van der Waals surface area contributed by atoms with Crippen LogP contribution in [-0.4, -0.2) is 54.9 Å². The van der Waals surface area contributed by atoms with E-state index in [0.29, 0.717) is 12.2 Å². The predicted molar refractivity (Wildman–Crippen MR) is 90.3 cm³/mol. The summed E-state index contributed by atoms with van der Waals surface area (Å²) in [6.07, 6.45) is 4.19. The van der Waals surface area contributed by atoms with E-state index in [2.05, 4.69) is 10.4 Å². The molecule has 24 heavy (non-hydrogen) atoms. The van der Waals surface area contributed by atoms with Crippen LogP contribution in [0.25, 0.3) is 0 Å². The molecule has 130 valence electrons. The molecule has 2 rings (SSSR count). The Kier molecular flexibility index (Phi) is 5.20. The highest BCUT2D eigenvalue weighted by atomic mass is 32.2. The van der Waals surface area contributed by atoms with Gasteiger partial charge >= 0.3 is 5.69 Å². The fourth-order valence-electron chi connectivity index (χ4n) is 2.12. The first-order chi connectivity index (χ1) is 11.2. The third-order valence-corrected chi connectivity index (χ3v) is 4.40. The Morgan fingerprint density at radius 3 is 2.67 bits per heavy atom. The normalized spacial score (nSPS) is 11.7. The second-order valence-corrected chi connectivity index (χ2v) is 7.59. The van der Waals surface area contributed by atoms with E-state index >= 15 is 0 Å². The Hall–Kier alpha value is -2.46. The molecule has 0 aliphatic rings. The lowest BCUT2D eigenvalue weighted by molar-refractivity contribution is -0.386. The van der Waals surface area contributed by atoms with Crippen molar-refractivity contribution >= 4 is 26.9 Å². The molecular weight excluding hydrogens is 334 g/mol. The first kappa shape index (κ1) is 17.9. The molecule has 0 spiro atoms. The maximum Gasteiger partial charge on any atom is 0.311 e. The maximum absolute atomic E-state index is 11.8. The van der Waals surface area contributed by atoms with Crippen LogP contribution in [-0.2, 0) is 16.4 Å². The van der Waals surface area contributed by atoms with Crippen LogP contribution in [0.3, 0.4) is 0 Å². The van der Waals surface area contributed by atoms with Gasteiger partial charge in [0.25, 0.3) is 0 Å². The zero-order valence-corrected chi connectivity index (χ0v) is 14.4. The molecule has 1 N–H and O–H groups in total. The van der Waals surface area contributed by atoms with Crippen molar-refractivity contribution in [3.05, 3.63) is 40.7 Å². The number of nitro benzene ring substituents is 1. The highest BCUT2D eigenvalue weighted by molar-refractivity contribution is 7.90. The molecule has 0 radical (unpaired) electrons. The average Bonchev–Trinajstić information content (AvgIpc) is 2.91. The number of rotatable bonds is 7. The second kappa shape index (κ2) is 6.97. The molecule has 9 nitrogen and oxygen atoms in total. The minimum atomic E-state index is -3.71. The van der Waals surface area contributed by atoms with Gasteiger partial charge < -0.3 is 10.2 Å². The van der Waals surface area contributed by atoms with Crippen molar-refractivity contribution < 1.29 is 13.3 Å². The molecule has 0 atom stereocenters. The van der Waals surface area contributed by atoms with E-state index in [0.717, 1.165) is 12.8 Å². The third-order valence-electron chi connectivity index (χ3n) is 3.27. The Bertz CT molecular complexity index is 845. The predicted octanol–water partition coefficient (Wildman–Crippen LogP) is 1.50. The summed E-state index contributed by atoms with van der Waals surface area (Å²) >= 11 is 0. The summed E-state index contributed by atoms with van der Waals surface area (Å²) in [6.45, 7) is 1.46. The molecule has 0 amide bonds. The highest BCUT2D eigenvalue weighted by Gasteiger charge is 2.26. The smallest absolute Gasteiger partial charge is 0.311 e. The van der Waals surface area contributed by atoms with E-state index in [1.807, 2.05) is 19.0 Å². The van der Waals surface area contributed by atoms with Crippen LogP contribution >= 0.6 is 0 Å². The number of sulfone groups is 1. The number of nitrogens with one attached hydrogen (secondary N) is 1. The summed E-state index contributed by atoms with van der Waals surface area (Å²) in [5.41, 5.74) is 0.179. The summed E-state index contributed by atoms with van der Waals surface area (Å²) in [6, 6.07) is 4.14. The van der Waals surface area contributed by atoms with Crippen LogP contribution in [0.1, 0.15) is 0 Å². The summed E-state index contributed by atoms with van der Waals surface area (Å²) in [4.78, 5) is 12.3. The maximum atomic E-state index is 11.8. The summed E-state index contributed by atoms with van der Waals surface area (Å²) in [5, 5.41) is 18.4. The molecule has 0 bridgehead atoms. The molecule has 1 heterocycles. The van der Waals surface area contributed by atoms with Crippen LogP contribution < -0.4 is 5.32 Å². The fraction of sp³-hybridized carbons (Fsp3) is 0.357. The van der Waals surface area contributed by atoms with Gasteiger partial charge in [-0.3, -0.25) is 14.8 Å². The van der Waals surface area contributed by atoms with Crippen LogP contribution in [0.2, 0.25) is 0 Å². The van der Waals surface area contributed by atoms with Crippen molar-refractivity contribution in [3.63, 3.8) is 0 Å². The fourth-order valence-corrected chi connectivity index (χ4v) is 2.98. The molecular formula is C14H19N5O4S. The van der Waals surface area contributed by atoms with E-state index in [1.54, 1.807) is 10.9 Å². The van der Waals surface area contributed by atoms with Crippen molar-refractivity contribution in [3.8, 4) is 0 Å². The van der Waals surface area contributed by atoms with Crippen LogP contribution in [0, 0.1) is 10.1 Å². The lowest BCUT2D eigenvalue weighted by Gasteiger charge is -2.09. The molecule has 0 aliphatic heterocycles. The largest absolute Gasteiger partial charge is 0.347 e. The molecule has 0 aliphatic carbocycles. The summed E-state index contributed by atoms with van der Waals surface area (Å²) in [5.74, 6) is 0. The van der Waals surface area contributed by atoms with Gasteiger partial charge in [-0.25, -0.2) is 8.42 Å². The van der Waals surface area contributed by atoms with Gasteiger partial charge in [0.1, 0.15) is 10.6 Å². The topological polar surface area (TPSA) is 110 Å². The highest BCUT2D eigenvalue weighted by Crippen LogP contribution is 2.33. The van der Waals surface area contributed by atoms with Crippen molar-refractivity contribution in [2.45, 2.75) is 11.4 Å². The molecule has 1 aromatic heterocycles. The van der Waals surface area contributed by atoms with Gasteiger partial charge in [-0.1, -0.05) is 6.07 Å². The van der Waals surface area contributed by atoms with Gasteiger partial charge in [0, 0.05) is 19.0 Å². The number of aromatic nitrogens is 2. The van der Waals surface area contributed by atoms with E-state index in [9.17, 15) is 18.5 Å². The molecule has 2 aromatic rings. The van der Waals surface area contributed by atoms with Gasteiger partial charge in [0.15, 0.2) is 9.84 Å². The van der Waals surface area contributed by atoms with Crippen LogP contribution in [0.5, 0.6) is 0 Å². The number of hydrogen-bond acceptors (Lipinski definition) is 7. The van der Waals surface area contributed by atoms with Gasteiger partial charge in [0.2, 0.25) is 0 Å². The second-order valence-electron chi connectivity index (χ2n) is 5.60. The first-order valence-electron chi connectivity index (χ1n) is 7.10. The minimum absolute atomic E-state index is 0.107. The van der Waals surface area contributed by atoms with Crippen LogP contribution in [0.4, 0.5) is 17.1 Å². The molecule has 10 heteroatoms. The minimum Gasteiger partial charge on any atom is -0.347 e. The monoisotopic (exact) mass is 353 g/mol. The van der Waals surface area contributed by atoms with Gasteiger partial charge in [0.05, 0.1) is 23.4 Å². The van der Waals surface area contributed by atoms with Crippen LogP contribution in [0.15, 0.2) is 35.5 Å². The Labute approximate surface area is 140 Å². The Morgan fingerprint density at radius 1 is 1.38 bits per heavy atom. The first-order valence-corrected chi connectivity index (χ1v) is 8.99. The third kappa shape index (κ3) is 4.30. The SMILES string of the molecule is CN(C)CCn1cc(Nc2cccc(S(C)(=O)=O)c2[N+](=O)[O-])cn1. The Morgan fingerprint density at radius 2 is 2.08 bits per heavy atom. The number of anilines is 2. The van der Waals surface area contributed by atoms with E-state index in [1.165, 1.54) is 24.4 Å². The number of nitro groups is 1. The van der Waals surface area contributed by atoms with Crippen molar-refractivity contribution in [2.75, 3.05) is 32.2 Å². The van der Waals surface area contributed by atoms with E-state index in [4.69, 9.17) is 0 Å². The van der Waals surface area contributed by atoms with Gasteiger partial charge in [-0.05, 0) is 26.2 Å². The average molecular weight is 353 g/mol. The molecule has 0 unspecified atom stereocenters. The van der Waals surface area contributed by atoms with Crippen molar-refractivity contribution in [2.24, 2.45) is 0 Å². The lowest BCUT2D eigenvalue weighted by atomic mass is 10.2. The van der Waals surface area contributed by atoms with E-state index in [-0.39, 0.29) is 10.6 Å². The summed E-state index contributed by atoms with van der Waals surface area (Å²) in [7, 11) is 0.180. The number of para-hydroxylation sites is 1. The lowest BCUT2D eigenvalue weighted by Crippen LogP contribution is -2.18. The summed E-state index contributed by atoms with van der Waals surface area (Å²) < 4.78 is 25.2. The molecule has 1 aromatic carbocycles. The molecule has 0 saturated heterocycles. The zero-order chi connectivity index (χ0) is 17.9. The Balaban J connectivity index is 2.32. The standard InChI is InChI=1S/C14H19N5O4S/c1-17(2)7-8-18-10-11(9-15-18)16-12-5-4-6-13(24(3,22)23)14(12)19(20)21/h4-6,9-10,16H,7-8H2,1-3H3. The molecule has 0 saturated carbocycles. The number of hydrogen-bond donors (Lipinski definition) is 1. The van der Waals surface area contributed by atoms with Crippen molar-refractivity contribution in [1.82, 2.24) is 14.7 Å². The quantitative estimate of drug-likeness (QED) is 0.593. The van der Waals surface area contributed by atoms with E-state index < -0.39 is 20.4 Å². The van der Waals surface area contributed by atoms with Gasteiger partial charge in [-0.2, -0.15) is 5.10 Å². The number of benzene rings is 1. The van der Waals surface area contributed by atoms with Gasteiger partial charge in [-0.15, -0.1) is 0 Å². The number of likely N-dealkylation sites (N-methyl/N-ethyl adjacent to an activating group) is 1.